The van der Waals surface area contributed by atoms with Gasteiger partial charge in [0.05, 0.1) is 11.2 Å². The van der Waals surface area contributed by atoms with Gasteiger partial charge in [-0.25, -0.2) is 0 Å². The fourth-order valence-electron chi connectivity index (χ4n) is 3.32. The van der Waals surface area contributed by atoms with Crippen molar-refractivity contribution in [3.05, 3.63) is 30.1 Å². The van der Waals surface area contributed by atoms with Gasteiger partial charge < -0.3 is 9.84 Å². The Bertz CT molecular complexity index is 412. The standard InChI is InChI=1S/C15H21NO2/c1-14(17,13-4-2-8-16-11-13)12-5-9-18-15(10-12)6-3-7-15/h2,4,8,11-12,17H,3,5-7,9-10H2,1H3. The zero-order valence-corrected chi connectivity index (χ0v) is 10.9. The van der Waals surface area contributed by atoms with Gasteiger partial charge in [0.1, 0.15) is 0 Å². The van der Waals surface area contributed by atoms with E-state index in [2.05, 4.69) is 4.98 Å². The molecule has 2 aliphatic rings. The van der Waals surface area contributed by atoms with E-state index in [1.807, 2.05) is 19.1 Å². The van der Waals surface area contributed by atoms with Crippen LogP contribution in [0.5, 0.6) is 0 Å². The number of pyridine rings is 1. The normalized spacial score (nSPS) is 29.6. The SMILES string of the molecule is CC(O)(c1cccnc1)C1CCOC2(CCC2)C1. The largest absolute Gasteiger partial charge is 0.385 e. The van der Waals surface area contributed by atoms with Crippen LogP contribution in [0.2, 0.25) is 0 Å². The van der Waals surface area contributed by atoms with Gasteiger partial charge in [-0.3, -0.25) is 4.98 Å². The lowest BCUT2D eigenvalue weighted by molar-refractivity contribution is -0.174. The minimum absolute atomic E-state index is 0.0785. The Morgan fingerprint density at radius 2 is 2.33 bits per heavy atom. The average molecular weight is 247 g/mol. The molecule has 0 bridgehead atoms. The van der Waals surface area contributed by atoms with Gasteiger partial charge in [-0.05, 0) is 51.0 Å². The molecule has 1 N–H and O–H groups in total. The molecule has 1 aromatic rings. The minimum Gasteiger partial charge on any atom is -0.385 e. The second-order valence-corrected chi connectivity index (χ2v) is 5.96. The van der Waals surface area contributed by atoms with Crippen molar-refractivity contribution in [3.8, 4) is 0 Å². The molecule has 1 spiro atoms. The van der Waals surface area contributed by atoms with Gasteiger partial charge in [0.2, 0.25) is 0 Å². The highest BCUT2D eigenvalue weighted by Crippen LogP contribution is 2.48. The number of rotatable bonds is 2. The Balaban J connectivity index is 1.80. The van der Waals surface area contributed by atoms with Crippen LogP contribution in [0, 0.1) is 5.92 Å². The van der Waals surface area contributed by atoms with Crippen LogP contribution in [0.3, 0.4) is 0 Å². The highest BCUT2D eigenvalue weighted by Gasteiger charge is 2.47. The van der Waals surface area contributed by atoms with E-state index in [1.54, 1.807) is 12.4 Å². The number of nitrogens with zero attached hydrogens (tertiary/aromatic N) is 1. The minimum atomic E-state index is -0.791. The molecular weight excluding hydrogens is 226 g/mol. The molecule has 3 rings (SSSR count). The Hall–Kier alpha value is -0.930. The summed E-state index contributed by atoms with van der Waals surface area (Å²) in [5.74, 6) is 0.274. The number of hydrogen-bond acceptors (Lipinski definition) is 3. The molecule has 98 valence electrons. The molecule has 2 atom stereocenters. The summed E-state index contributed by atoms with van der Waals surface area (Å²) in [7, 11) is 0. The highest BCUT2D eigenvalue weighted by atomic mass is 16.5. The molecule has 3 heteroatoms. The van der Waals surface area contributed by atoms with Crippen molar-refractivity contribution in [2.45, 2.75) is 50.2 Å². The number of aromatic nitrogens is 1. The first-order valence-corrected chi connectivity index (χ1v) is 6.89. The molecule has 1 saturated carbocycles. The Morgan fingerprint density at radius 1 is 1.50 bits per heavy atom. The third-order valence-electron chi connectivity index (χ3n) is 4.80. The van der Waals surface area contributed by atoms with Gasteiger partial charge in [0.15, 0.2) is 0 Å². The molecule has 0 radical (unpaired) electrons. The summed E-state index contributed by atoms with van der Waals surface area (Å²) in [5.41, 5.74) is 0.210. The second kappa shape index (κ2) is 4.32. The Labute approximate surface area is 108 Å². The molecular formula is C15H21NO2. The topological polar surface area (TPSA) is 42.4 Å². The summed E-state index contributed by atoms with van der Waals surface area (Å²) in [4.78, 5) is 4.13. The molecule has 2 heterocycles. The van der Waals surface area contributed by atoms with Crippen LogP contribution < -0.4 is 0 Å². The third-order valence-corrected chi connectivity index (χ3v) is 4.80. The van der Waals surface area contributed by atoms with E-state index in [-0.39, 0.29) is 11.5 Å². The molecule has 3 nitrogen and oxygen atoms in total. The van der Waals surface area contributed by atoms with Crippen molar-refractivity contribution in [2.24, 2.45) is 5.92 Å². The highest BCUT2D eigenvalue weighted by molar-refractivity contribution is 5.19. The molecule has 2 fully saturated rings. The van der Waals surface area contributed by atoms with Gasteiger partial charge in [-0.2, -0.15) is 0 Å². The zero-order valence-electron chi connectivity index (χ0n) is 10.9. The first-order valence-electron chi connectivity index (χ1n) is 6.89. The van der Waals surface area contributed by atoms with Gasteiger partial charge in [-0.1, -0.05) is 6.07 Å². The molecule has 18 heavy (non-hydrogen) atoms. The van der Waals surface area contributed by atoms with Crippen LogP contribution in [-0.2, 0) is 10.3 Å². The van der Waals surface area contributed by atoms with Crippen LogP contribution in [0.15, 0.2) is 24.5 Å². The maximum Gasteiger partial charge on any atom is 0.0913 e. The maximum atomic E-state index is 10.9. The van der Waals surface area contributed by atoms with Gasteiger partial charge >= 0.3 is 0 Å². The molecule has 1 saturated heterocycles. The Morgan fingerprint density at radius 3 is 2.94 bits per heavy atom. The van der Waals surface area contributed by atoms with Crippen LogP contribution >= 0.6 is 0 Å². The number of hydrogen-bond donors (Lipinski definition) is 1. The summed E-state index contributed by atoms with van der Waals surface area (Å²) < 4.78 is 5.94. The molecule has 1 aromatic heterocycles. The molecule has 2 unspecified atom stereocenters. The van der Waals surface area contributed by atoms with Crippen molar-refractivity contribution in [1.82, 2.24) is 4.98 Å². The molecule has 1 aliphatic heterocycles. The van der Waals surface area contributed by atoms with Crippen molar-refractivity contribution in [1.29, 1.82) is 0 Å². The lowest BCUT2D eigenvalue weighted by Crippen LogP contribution is -2.49. The van der Waals surface area contributed by atoms with Crippen molar-refractivity contribution in [3.63, 3.8) is 0 Å². The van der Waals surface area contributed by atoms with E-state index < -0.39 is 5.60 Å². The van der Waals surface area contributed by atoms with Crippen molar-refractivity contribution >= 4 is 0 Å². The monoisotopic (exact) mass is 247 g/mol. The quantitative estimate of drug-likeness (QED) is 0.873. The first-order chi connectivity index (χ1) is 8.62. The van der Waals surface area contributed by atoms with Gasteiger partial charge in [0.25, 0.3) is 0 Å². The van der Waals surface area contributed by atoms with E-state index in [0.29, 0.717) is 0 Å². The molecule has 0 amide bonds. The van der Waals surface area contributed by atoms with E-state index >= 15 is 0 Å². The van der Waals surface area contributed by atoms with E-state index in [1.165, 1.54) is 6.42 Å². The summed E-state index contributed by atoms with van der Waals surface area (Å²) in [6.07, 6.45) is 9.03. The summed E-state index contributed by atoms with van der Waals surface area (Å²) in [6.45, 7) is 2.70. The smallest absolute Gasteiger partial charge is 0.0913 e. The van der Waals surface area contributed by atoms with Crippen LogP contribution in [0.25, 0.3) is 0 Å². The summed E-state index contributed by atoms with van der Waals surface area (Å²) in [6, 6.07) is 3.86. The zero-order chi connectivity index (χ0) is 12.6. The van der Waals surface area contributed by atoms with Crippen LogP contribution in [0.4, 0.5) is 0 Å². The van der Waals surface area contributed by atoms with Gasteiger partial charge in [-0.15, -0.1) is 0 Å². The predicted octanol–water partition coefficient (Wildman–Crippen LogP) is 2.64. The molecule has 0 aromatic carbocycles. The lowest BCUT2D eigenvalue weighted by Gasteiger charge is -2.50. The van der Waals surface area contributed by atoms with E-state index in [0.717, 1.165) is 37.9 Å². The maximum absolute atomic E-state index is 10.9. The van der Waals surface area contributed by atoms with Crippen LogP contribution in [-0.4, -0.2) is 22.3 Å². The predicted molar refractivity (Wildman–Crippen MR) is 69.1 cm³/mol. The van der Waals surface area contributed by atoms with Gasteiger partial charge in [0, 0.05) is 24.6 Å². The second-order valence-electron chi connectivity index (χ2n) is 5.96. The number of aliphatic hydroxyl groups is 1. The molecule has 1 aliphatic carbocycles. The number of ether oxygens (including phenoxy) is 1. The van der Waals surface area contributed by atoms with Crippen LogP contribution in [0.1, 0.15) is 44.6 Å². The third kappa shape index (κ3) is 1.95. The fraction of sp³-hybridized carbons (Fsp3) is 0.667. The van der Waals surface area contributed by atoms with E-state index in [4.69, 9.17) is 4.74 Å². The van der Waals surface area contributed by atoms with Crippen molar-refractivity contribution < 1.29 is 9.84 Å². The average Bonchev–Trinajstić information content (AvgIpc) is 2.38. The summed E-state index contributed by atoms with van der Waals surface area (Å²) in [5, 5.41) is 10.9. The first kappa shape index (κ1) is 12.1. The fourth-order valence-corrected chi connectivity index (χ4v) is 3.32. The summed E-state index contributed by atoms with van der Waals surface area (Å²) >= 11 is 0. The van der Waals surface area contributed by atoms with E-state index in [9.17, 15) is 5.11 Å². The lowest BCUT2D eigenvalue weighted by atomic mass is 9.67. The Kier molecular flexibility index (Phi) is 2.91. The van der Waals surface area contributed by atoms with Crippen molar-refractivity contribution in [2.75, 3.05) is 6.61 Å².